The van der Waals surface area contributed by atoms with E-state index in [1.165, 1.54) is 36.4 Å². The Morgan fingerprint density at radius 3 is 2.68 bits per heavy atom. The number of nitro benzene ring substituents is 1. The highest BCUT2D eigenvalue weighted by Crippen LogP contribution is 2.38. The molecule has 9 heteroatoms. The van der Waals surface area contributed by atoms with Crippen LogP contribution in [0.5, 0.6) is 5.75 Å². The van der Waals surface area contributed by atoms with Crippen molar-refractivity contribution in [2.45, 2.75) is 20.0 Å². The minimum absolute atomic E-state index is 0.0205. The molecule has 2 amide bonds. The number of fused-ring (bicyclic) bond motifs is 1. The van der Waals surface area contributed by atoms with E-state index in [-0.39, 0.29) is 28.7 Å². The summed E-state index contributed by atoms with van der Waals surface area (Å²) in [6, 6.07) is 9.49. The number of hydrogen-bond acceptors (Lipinski definition) is 5. The molecule has 0 radical (unpaired) electrons. The summed E-state index contributed by atoms with van der Waals surface area (Å²) >= 11 is 0. The second kappa shape index (κ2) is 7.63. The van der Waals surface area contributed by atoms with Crippen molar-refractivity contribution in [1.29, 1.82) is 0 Å². The van der Waals surface area contributed by atoms with Crippen molar-refractivity contribution in [2.24, 2.45) is 5.92 Å². The molecule has 146 valence electrons. The van der Waals surface area contributed by atoms with Crippen LogP contribution in [0, 0.1) is 21.8 Å². The van der Waals surface area contributed by atoms with E-state index >= 15 is 0 Å². The van der Waals surface area contributed by atoms with E-state index < -0.39 is 35.2 Å². The Labute approximate surface area is 160 Å². The lowest BCUT2D eigenvalue weighted by atomic mass is 10.0. The highest BCUT2D eigenvalue weighted by Gasteiger charge is 2.38. The molecule has 1 aliphatic heterocycles. The number of rotatable bonds is 5. The lowest BCUT2D eigenvalue weighted by Gasteiger charge is -2.35. The van der Waals surface area contributed by atoms with E-state index in [9.17, 15) is 24.1 Å². The maximum Gasteiger partial charge on any atom is 0.271 e. The monoisotopic (exact) mass is 387 g/mol. The van der Waals surface area contributed by atoms with Crippen LogP contribution in [-0.4, -0.2) is 29.4 Å². The largest absolute Gasteiger partial charge is 0.478 e. The van der Waals surface area contributed by atoms with Crippen LogP contribution in [0.25, 0.3) is 0 Å². The molecule has 1 atom stereocenters. The third kappa shape index (κ3) is 3.78. The van der Waals surface area contributed by atoms with Gasteiger partial charge in [0.05, 0.1) is 16.3 Å². The molecule has 1 unspecified atom stereocenters. The maximum atomic E-state index is 13.8. The minimum atomic E-state index is -0.838. The van der Waals surface area contributed by atoms with Gasteiger partial charge in [0.2, 0.25) is 5.91 Å². The average molecular weight is 387 g/mol. The molecule has 1 aliphatic rings. The van der Waals surface area contributed by atoms with E-state index in [1.807, 2.05) is 0 Å². The average Bonchev–Trinajstić information content (AvgIpc) is 2.65. The number of hydrogen-bond donors (Lipinski definition) is 1. The van der Waals surface area contributed by atoms with Gasteiger partial charge in [-0.05, 0) is 24.1 Å². The molecule has 0 bridgehead atoms. The number of amides is 2. The number of ether oxygens (including phenoxy) is 1. The van der Waals surface area contributed by atoms with Gasteiger partial charge in [-0.1, -0.05) is 26.0 Å². The SMILES string of the molecule is CC(C)C1Oc2ccc([N+](=O)[O-])cc2N(CC(=O)Nc2ccccc2F)C1=O. The zero-order valence-corrected chi connectivity index (χ0v) is 15.2. The fourth-order valence-electron chi connectivity index (χ4n) is 2.87. The molecule has 0 fully saturated rings. The molecule has 1 heterocycles. The Bertz CT molecular complexity index is 947. The Morgan fingerprint density at radius 1 is 1.32 bits per heavy atom. The first-order valence-corrected chi connectivity index (χ1v) is 8.58. The van der Waals surface area contributed by atoms with Crippen LogP contribution in [0.4, 0.5) is 21.5 Å². The molecule has 3 rings (SSSR count). The number of benzene rings is 2. The predicted octanol–water partition coefficient (Wildman–Crippen LogP) is 3.12. The number of nitro groups is 1. The van der Waals surface area contributed by atoms with Crippen molar-refractivity contribution in [1.82, 2.24) is 0 Å². The third-order valence-corrected chi connectivity index (χ3v) is 4.26. The quantitative estimate of drug-likeness (QED) is 0.627. The van der Waals surface area contributed by atoms with Gasteiger partial charge >= 0.3 is 0 Å². The molecular formula is C19H18FN3O5. The number of nitrogens with one attached hydrogen (secondary N) is 1. The van der Waals surface area contributed by atoms with Gasteiger partial charge in [-0.15, -0.1) is 0 Å². The van der Waals surface area contributed by atoms with Crippen molar-refractivity contribution < 1.29 is 23.6 Å². The molecule has 0 saturated carbocycles. The normalized spacial score (nSPS) is 15.8. The van der Waals surface area contributed by atoms with E-state index in [2.05, 4.69) is 5.32 Å². The van der Waals surface area contributed by atoms with Gasteiger partial charge in [-0.3, -0.25) is 24.6 Å². The van der Waals surface area contributed by atoms with E-state index in [0.717, 1.165) is 4.90 Å². The Kier molecular flexibility index (Phi) is 5.25. The standard InChI is InChI=1S/C19H18FN3O5/c1-11(2)18-19(25)22(10-17(24)21-14-6-4-3-5-13(14)20)15-9-12(23(26)27)7-8-16(15)28-18/h3-9,11,18H,10H2,1-2H3,(H,21,24). The van der Waals surface area contributed by atoms with Gasteiger partial charge in [0.15, 0.2) is 6.10 Å². The minimum Gasteiger partial charge on any atom is -0.478 e. The van der Waals surface area contributed by atoms with Crippen molar-refractivity contribution in [3.63, 3.8) is 0 Å². The van der Waals surface area contributed by atoms with Gasteiger partial charge in [0.1, 0.15) is 18.1 Å². The fourth-order valence-corrected chi connectivity index (χ4v) is 2.87. The summed E-state index contributed by atoms with van der Waals surface area (Å²) in [5.74, 6) is -1.66. The van der Waals surface area contributed by atoms with Crippen LogP contribution in [0.2, 0.25) is 0 Å². The molecule has 0 spiro atoms. The molecule has 0 aliphatic carbocycles. The Balaban J connectivity index is 1.92. The van der Waals surface area contributed by atoms with E-state index in [4.69, 9.17) is 4.74 Å². The zero-order chi connectivity index (χ0) is 20.4. The summed E-state index contributed by atoms with van der Waals surface area (Å²) in [7, 11) is 0. The fraction of sp³-hybridized carbons (Fsp3) is 0.263. The summed E-state index contributed by atoms with van der Waals surface area (Å²) in [4.78, 5) is 36.9. The van der Waals surface area contributed by atoms with Crippen molar-refractivity contribution in [2.75, 3.05) is 16.8 Å². The molecule has 0 saturated heterocycles. The predicted molar refractivity (Wildman–Crippen MR) is 99.7 cm³/mol. The number of halogens is 1. The highest BCUT2D eigenvalue weighted by molar-refractivity contribution is 6.06. The molecule has 28 heavy (non-hydrogen) atoms. The Hall–Kier alpha value is -3.49. The second-order valence-corrected chi connectivity index (χ2v) is 6.64. The van der Waals surface area contributed by atoms with Crippen molar-refractivity contribution in [3.05, 3.63) is 58.4 Å². The molecule has 1 N–H and O–H groups in total. The van der Waals surface area contributed by atoms with Crippen LogP contribution < -0.4 is 15.0 Å². The Morgan fingerprint density at radius 2 is 2.04 bits per heavy atom. The van der Waals surface area contributed by atoms with Gasteiger partial charge in [0, 0.05) is 12.1 Å². The number of carbonyl (C=O) groups is 2. The topological polar surface area (TPSA) is 102 Å². The molecule has 8 nitrogen and oxygen atoms in total. The smallest absolute Gasteiger partial charge is 0.271 e. The van der Waals surface area contributed by atoms with Gasteiger partial charge < -0.3 is 10.1 Å². The second-order valence-electron chi connectivity index (χ2n) is 6.64. The van der Waals surface area contributed by atoms with Gasteiger partial charge in [-0.2, -0.15) is 0 Å². The molecule has 2 aromatic rings. The summed E-state index contributed by atoms with van der Waals surface area (Å²) in [6.07, 6.45) is -0.838. The van der Waals surface area contributed by atoms with Gasteiger partial charge in [-0.25, -0.2) is 4.39 Å². The van der Waals surface area contributed by atoms with Crippen LogP contribution in [0.3, 0.4) is 0 Å². The van der Waals surface area contributed by atoms with Crippen LogP contribution in [-0.2, 0) is 9.59 Å². The lowest BCUT2D eigenvalue weighted by Crippen LogP contribution is -2.50. The summed E-state index contributed by atoms with van der Waals surface area (Å²) < 4.78 is 19.4. The lowest BCUT2D eigenvalue weighted by molar-refractivity contribution is -0.384. The van der Waals surface area contributed by atoms with Crippen molar-refractivity contribution in [3.8, 4) is 5.75 Å². The molecule has 2 aromatic carbocycles. The first kappa shape index (κ1) is 19.3. The van der Waals surface area contributed by atoms with Crippen LogP contribution in [0.15, 0.2) is 42.5 Å². The van der Waals surface area contributed by atoms with E-state index in [0.29, 0.717) is 0 Å². The highest BCUT2D eigenvalue weighted by atomic mass is 19.1. The third-order valence-electron chi connectivity index (χ3n) is 4.26. The molecule has 0 aromatic heterocycles. The number of para-hydroxylation sites is 1. The summed E-state index contributed by atoms with van der Waals surface area (Å²) in [6.45, 7) is 3.14. The first-order valence-electron chi connectivity index (χ1n) is 8.58. The van der Waals surface area contributed by atoms with Gasteiger partial charge in [0.25, 0.3) is 11.6 Å². The molecular weight excluding hydrogens is 369 g/mol. The van der Waals surface area contributed by atoms with Crippen LogP contribution in [0.1, 0.15) is 13.8 Å². The van der Waals surface area contributed by atoms with E-state index in [1.54, 1.807) is 19.9 Å². The first-order chi connectivity index (χ1) is 13.3. The number of carbonyl (C=O) groups excluding carboxylic acids is 2. The summed E-state index contributed by atoms with van der Waals surface area (Å²) in [5, 5.41) is 13.5. The zero-order valence-electron chi connectivity index (χ0n) is 15.2. The number of anilines is 2. The number of non-ortho nitro benzene ring substituents is 1. The van der Waals surface area contributed by atoms with Crippen molar-refractivity contribution >= 4 is 28.9 Å². The summed E-state index contributed by atoms with van der Waals surface area (Å²) in [5.41, 5.74) is -0.134. The van der Waals surface area contributed by atoms with Crippen LogP contribution >= 0.6 is 0 Å². The number of nitrogens with zero attached hydrogens (tertiary/aromatic N) is 2. The maximum absolute atomic E-state index is 13.8.